The molecule has 2 aromatic rings. The van der Waals surface area contributed by atoms with Crippen molar-refractivity contribution in [2.75, 3.05) is 25.2 Å². The lowest BCUT2D eigenvalue weighted by molar-refractivity contribution is -0.127. The lowest BCUT2D eigenvalue weighted by atomic mass is 10.1. The third-order valence-corrected chi connectivity index (χ3v) is 6.10. The van der Waals surface area contributed by atoms with Crippen LogP contribution in [0.5, 0.6) is 0 Å². The van der Waals surface area contributed by atoms with E-state index in [1.54, 1.807) is 41.9 Å². The van der Waals surface area contributed by atoms with Crippen molar-refractivity contribution < 1.29 is 18.7 Å². The number of carbonyl (C=O) groups excluding carboxylic acids is 2. The smallest absolute Gasteiger partial charge is 0.337 e. The molecule has 2 heterocycles. The Morgan fingerprint density at radius 1 is 1.36 bits per heavy atom. The van der Waals surface area contributed by atoms with Gasteiger partial charge in [-0.15, -0.1) is 11.8 Å². The van der Waals surface area contributed by atoms with Crippen molar-refractivity contribution in [3.8, 4) is 0 Å². The molecule has 3 rings (SSSR count). The van der Waals surface area contributed by atoms with Crippen molar-refractivity contribution in [1.82, 2.24) is 4.90 Å². The van der Waals surface area contributed by atoms with Crippen LogP contribution in [-0.4, -0.2) is 41.9 Å². The first-order valence-electron chi connectivity index (χ1n) is 7.88. The van der Waals surface area contributed by atoms with Crippen LogP contribution in [0, 0.1) is 0 Å². The summed E-state index contributed by atoms with van der Waals surface area (Å²) in [5, 5.41) is 0.00316. The third-order valence-electron chi connectivity index (χ3n) is 3.89. The fourth-order valence-electron chi connectivity index (χ4n) is 2.60. The Bertz CT molecular complexity index is 715. The molecule has 1 fully saturated rings. The lowest BCUT2D eigenvalue weighted by Crippen LogP contribution is -2.30. The van der Waals surface area contributed by atoms with Gasteiger partial charge in [-0.25, -0.2) is 4.79 Å². The van der Waals surface area contributed by atoms with Gasteiger partial charge in [0.2, 0.25) is 5.91 Å². The van der Waals surface area contributed by atoms with E-state index >= 15 is 0 Å². The van der Waals surface area contributed by atoms with E-state index in [1.165, 1.54) is 7.11 Å². The molecule has 25 heavy (non-hydrogen) atoms. The van der Waals surface area contributed by atoms with Crippen molar-refractivity contribution in [2.24, 2.45) is 0 Å². The molecule has 0 radical (unpaired) electrons. The number of nitrogens with zero attached hydrogens (tertiary/aromatic N) is 1. The van der Waals surface area contributed by atoms with Crippen LogP contribution < -0.4 is 0 Å². The Morgan fingerprint density at radius 2 is 2.16 bits per heavy atom. The maximum atomic E-state index is 12.2. The summed E-state index contributed by atoms with van der Waals surface area (Å²) in [5.74, 6) is 2.90. The van der Waals surface area contributed by atoms with Crippen molar-refractivity contribution in [1.29, 1.82) is 0 Å². The minimum Gasteiger partial charge on any atom is -0.468 e. The lowest BCUT2D eigenvalue weighted by Gasteiger charge is -2.24. The molecule has 7 heteroatoms. The van der Waals surface area contributed by atoms with Gasteiger partial charge in [-0.2, -0.15) is 11.8 Å². The van der Waals surface area contributed by atoms with Gasteiger partial charge >= 0.3 is 5.97 Å². The van der Waals surface area contributed by atoms with Crippen molar-refractivity contribution in [3.05, 3.63) is 59.5 Å². The van der Waals surface area contributed by atoms with Crippen LogP contribution in [-0.2, 0) is 15.3 Å². The average molecular weight is 377 g/mol. The van der Waals surface area contributed by atoms with Crippen molar-refractivity contribution in [3.63, 3.8) is 0 Å². The standard InChI is InChI=1S/C18H19NO4S2/c1-22-18(21)14-6-4-13(5-7-14)17-19(16(20)12-25-17)8-10-24-11-15-3-2-9-23-15/h2-7,9,17H,8,10-12H2,1H3. The number of thioether (sulfide) groups is 2. The van der Waals surface area contributed by atoms with E-state index in [9.17, 15) is 9.59 Å². The van der Waals surface area contributed by atoms with Gasteiger partial charge in [0.05, 0.1) is 30.4 Å². The topological polar surface area (TPSA) is 59.8 Å². The molecule has 1 amide bonds. The molecule has 1 atom stereocenters. The van der Waals surface area contributed by atoms with Gasteiger partial charge in [0.25, 0.3) is 0 Å². The number of methoxy groups -OCH3 is 1. The van der Waals surface area contributed by atoms with Gasteiger partial charge in [0.1, 0.15) is 11.1 Å². The highest BCUT2D eigenvalue weighted by atomic mass is 32.2. The molecule has 1 aromatic heterocycles. The summed E-state index contributed by atoms with van der Waals surface area (Å²) < 4.78 is 10.0. The Morgan fingerprint density at radius 3 is 2.84 bits per heavy atom. The van der Waals surface area contributed by atoms with Crippen molar-refractivity contribution >= 4 is 35.4 Å². The van der Waals surface area contributed by atoms with Crippen LogP contribution >= 0.6 is 23.5 Å². The number of hydrogen-bond donors (Lipinski definition) is 0. The van der Waals surface area contributed by atoms with Gasteiger partial charge in [0.15, 0.2) is 0 Å². The average Bonchev–Trinajstić information content (AvgIpc) is 3.28. The number of benzene rings is 1. The molecule has 0 aliphatic carbocycles. The highest BCUT2D eigenvalue weighted by Gasteiger charge is 2.32. The number of furan rings is 1. The SMILES string of the molecule is COC(=O)c1ccc(C2SCC(=O)N2CCSCc2ccco2)cc1. The van der Waals surface area contributed by atoms with E-state index in [0.29, 0.717) is 17.9 Å². The predicted molar refractivity (Wildman–Crippen MR) is 99.6 cm³/mol. The molecule has 0 spiro atoms. The van der Waals surface area contributed by atoms with Crippen LogP contribution in [0.2, 0.25) is 0 Å². The molecule has 0 bridgehead atoms. The molecule has 1 aliphatic rings. The van der Waals surface area contributed by atoms with Gasteiger partial charge in [0, 0.05) is 12.3 Å². The monoisotopic (exact) mass is 377 g/mol. The number of esters is 1. The highest BCUT2D eigenvalue weighted by molar-refractivity contribution is 8.00. The second-order valence-corrected chi connectivity index (χ2v) is 7.67. The Labute approximate surface area is 155 Å². The van der Waals surface area contributed by atoms with E-state index < -0.39 is 0 Å². The summed E-state index contributed by atoms with van der Waals surface area (Å²) in [6.45, 7) is 0.695. The summed E-state index contributed by atoms with van der Waals surface area (Å²) in [5.41, 5.74) is 1.54. The highest BCUT2D eigenvalue weighted by Crippen LogP contribution is 2.38. The van der Waals surface area contributed by atoms with Gasteiger partial charge in [-0.05, 0) is 29.8 Å². The van der Waals surface area contributed by atoms with E-state index in [4.69, 9.17) is 9.15 Å². The molecule has 1 aliphatic heterocycles. The first-order chi connectivity index (χ1) is 12.2. The summed E-state index contributed by atoms with van der Waals surface area (Å²) in [6.07, 6.45) is 1.67. The van der Waals surface area contributed by atoms with Crippen LogP contribution in [0.15, 0.2) is 47.1 Å². The Hall–Kier alpha value is -1.86. The fraction of sp³-hybridized carbons (Fsp3) is 0.333. The molecular weight excluding hydrogens is 358 g/mol. The van der Waals surface area contributed by atoms with E-state index in [2.05, 4.69) is 0 Å². The summed E-state index contributed by atoms with van der Waals surface area (Å²) >= 11 is 3.37. The zero-order valence-electron chi connectivity index (χ0n) is 13.8. The first kappa shape index (κ1) is 17.9. The first-order valence-corrected chi connectivity index (χ1v) is 10.1. The van der Waals surface area contributed by atoms with E-state index in [-0.39, 0.29) is 17.3 Å². The number of rotatable bonds is 7. The van der Waals surface area contributed by atoms with Gasteiger partial charge in [-0.1, -0.05) is 12.1 Å². The van der Waals surface area contributed by atoms with Crippen LogP contribution in [0.4, 0.5) is 0 Å². The summed E-state index contributed by atoms with van der Waals surface area (Å²) in [4.78, 5) is 25.6. The largest absolute Gasteiger partial charge is 0.468 e. The Balaban J connectivity index is 1.58. The summed E-state index contributed by atoms with van der Waals surface area (Å²) in [6, 6.07) is 11.1. The van der Waals surface area contributed by atoms with E-state index in [0.717, 1.165) is 22.8 Å². The van der Waals surface area contributed by atoms with Crippen LogP contribution in [0.25, 0.3) is 0 Å². The van der Waals surface area contributed by atoms with Gasteiger partial charge < -0.3 is 14.1 Å². The fourth-order valence-corrected chi connectivity index (χ4v) is 4.66. The zero-order valence-corrected chi connectivity index (χ0v) is 15.5. The minimum atomic E-state index is -0.354. The molecule has 1 unspecified atom stereocenters. The number of amides is 1. The van der Waals surface area contributed by atoms with Gasteiger partial charge in [-0.3, -0.25) is 4.79 Å². The molecule has 0 N–H and O–H groups in total. The normalized spacial score (nSPS) is 17.1. The molecular formula is C18H19NO4S2. The molecule has 132 valence electrons. The number of carbonyl (C=O) groups is 2. The Kier molecular flexibility index (Phi) is 6.09. The zero-order chi connectivity index (χ0) is 17.6. The van der Waals surface area contributed by atoms with Crippen LogP contribution in [0.3, 0.4) is 0 Å². The molecule has 0 saturated carbocycles. The molecule has 1 aromatic carbocycles. The van der Waals surface area contributed by atoms with Crippen molar-refractivity contribution in [2.45, 2.75) is 11.1 Å². The second kappa shape index (κ2) is 8.49. The second-order valence-electron chi connectivity index (χ2n) is 5.50. The number of hydrogen-bond acceptors (Lipinski definition) is 6. The quantitative estimate of drug-likeness (QED) is 0.543. The number of ether oxygens (including phenoxy) is 1. The summed E-state index contributed by atoms with van der Waals surface area (Å²) in [7, 11) is 1.36. The van der Waals surface area contributed by atoms with Crippen LogP contribution in [0.1, 0.15) is 27.1 Å². The maximum absolute atomic E-state index is 12.2. The molecule has 1 saturated heterocycles. The minimum absolute atomic E-state index is 0.00316. The predicted octanol–water partition coefficient (Wildman–Crippen LogP) is 3.57. The maximum Gasteiger partial charge on any atom is 0.337 e. The molecule has 5 nitrogen and oxygen atoms in total. The van der Waals surface area contributed by atoms with E-state index in [1.807, 2.05) is 29.2 Å². The third kappa shape index (κ3) is 4.41.